The molecule has 0 saturated carbocycles. The largest absolute Gasteiger partial charge is 0.472 e. The van der Waals surface area contributed by atoms with Crippen LogP contribution in [0.5, 0.6) is 0 Å². The normalized spacial score (nSPS) is 14.5. The molecule has 1 heterocycles. The van der Waals surface area contributed by atoms with E-state index in [9.17, 15) is 24.2 Å². The molecule has 3 atom stereocenters. The summed E-state index contributed by atoms with van der Waals surface area (Å²) >= 11 is 0. The summed E-state index contributed by atoms with van der Waals surface area (Å²) in [7, 11) is 1.33. The first-order chi connectivity index (χ1) is 31.7. The SMILES string of the molecule is CC/C=C\C/C=C\C/C=C\C/C=C\C/C=C\C=C/C(O)CCC(=O)OC[C@H](COP(=O)(O)OCC[N+](C)(C)C)OC(=O)CCCCCCCCCCCCc1oc(CCCCC)c(C)c1C. The van der Waals surface area contributed by atoms with Gasteiger partial charge in [0.1, 0.15) is 31.3 Å². The average molecular weight is 945 g/mol. The molecular formula is C54H91NO10P+. The number of quaternary nitrogens is 1. The van der Waals surface area contributed by atoms with Crippen LogP contribution in [0.3, 0.4) is 0 Å². The van der Waals surface area contributed by atoms with Crippen molar-refractivity contribution >= 4 is 19.8 Å². The number of hydrogen-bond acceptors (Lipinski definition) is 9. The molecule has 0 aliphatic rings. The Morgan fingerprint density at radius 3 is 1.71 bits per heavy atom. The first-order valence-corrected chi connectivity index (χ1v) is 26.6. The molecule has 12 heteroatoms. The highest BCUT2D eigenvalue weighted by atomic mass is 31.2. The number of aliphatic hydroxyl groups excluding tert-OH is 1. The lowest BCUT2D eigenvalue weighted by atomic mass is 10.0. The summed E-state index contributed by atoms with van der Waals surface area (Å²) < 4.78 is 40.5. The van der Waals surface area contributed by atoms with Crippen LogP contribution in [0.2, 0.25) is 0 Å². The maximum Gasteiger partial charge on any atom is 0.472 e. The lowest BCUT2D eigenvalue weighted by molar-refractivity contribution is -0.870. The van der Waals surface area contributed by atoms with Gasteiger partial charge in [-0.3, -0.25) is 18.6 Å². The summed E-state index contributed by atoms with van der Waals surface area (Å²) in [6, 6.07) is 0. The molecule has 11 nitrogen and oxygen atoms in total. The Bertz CT molecular complexity index is 1650. The number of esters is 2. The van der Waals surface area contributed by atoms with Crippen LogP contribution in [-0.4, -0.2) is 86.1 Å². The van der Waals surface area contributed by atoms with Gasteiger partial charge >= 0.3 is 19.8 Å². The molecule has 0 aliphatic heterocycles. The van der Waals surface area contributed by atoms with Crippen LogP contribution in [-0.2, 0) is 45.5 Å². The van der Waals surface area contributed by atoms with E-state index in [0.717, 1.165) is 70.6 Å². The van der Waals surface area contributed by atoms with Crippen LogP contribution in [0.1, 0.15) is 171 Å². The van der Waals surface area contributed by atoms with E-state index < -0.39 is 38.6 Å². The number of carbonyl (C=O) groups excluding carboxylic acids is 2. The zero-order valence-electron chi connectivity index (χ0n) is 42.2. The van der Waals surface area contributed by atoms with Gasteiger partial charge in [-0.15, -0.1) is 0 Å². The fourth-order valence-corrected chi connectivity index (χ4v) is 7.57. The third kappa shape index (κ3) is 34.9. The van der Waals surface area contributed by atoms with E-state index in [1.54, 1.807) is 12.2 Å². The summed E-state index contributed by atoms with van der Waals surface area (Å²) in [5.74, 6) is 1.25. The van der Waals surface area contributed by atoms with E-state index in [-0.39, 0.29) is 32.5 Å². The summed E-state index contributed by atoms with van der Waals surface area (Å²) in [5.41, 5.74) is 2.67. The van der Waals surface area contributed by atoms with E-state index in [2.05, 4.69) is 76.3 Å². The van der Waals surface area contributed by atoms with E-state index in [1.807, 2.05) is 33.3 Å². The molecule has 2 N–H and O–H groups in total. The second-order valence-electron chi connectivity index (χ2n) is 18.3. The molecule has 66 heavy (non-hydrogen) atoms. The number of unbranched alkanes of at least 4 members (excludes halogenated alkanes) is 11. The third-order valence-electron chi connectivity index (χ3n) is 11.1. The molecule has 0 amide bonds. The van der Waals surface area contributed by atoms with Crippen molar-refractivity contribution in [2.45, 2.75) is 188 Å². The Hall–Kier alpha value is -3.31. The van der Waals surface area contributed by atoms with Gasteiger partial charge in [-0.25, -0.2) is 4.57 Å². The zero-order valence-corrected chi connectivity index (χ0v) is 43.1. The first kappa shape index (κ1) is 60.7. The van der Waals surface area contributed by atoms with Crippen molar-refractivity contribution in [3.8, 4) is 0 Å². The maximum absolute atomic E-state index is 12.8. The predicted molar refractivity (Wildman–Crippen MR) is 270 cm³/mol. The molecule has 1 aromatic heterocycles. The van der Waals surface area contributed by atoms with Crippen LogP contribution in [0.15, 0.2) is 77.3 Å². The number of carbonyl (C=O) groups is 2. The van der Waals surface area contributed by atoms with Crippen LogP contribution in [0.4, 0.5) is 0 Å². The zero-order chi connectivity index (χ0) is 48.7. The molecule has 0 aliphatic carbocycles. The minimum absolute atomic E-state index is 0.0133. The molecule has 376 valence electrons. The van der Waals surface area contributed by atoms with Gasteiger partial charge in [0, 0.05) is 25.7 Å². The lowest BCUT2D eigenvalue weighted by Gasteiger charge is -2.24. The monoisotopic (exact) mass is 945 g/mol. The number of hydrogen-bond donors (Lipinski definition) is 2. The molecule has 0 spiro atoms. The number of phosphoric acid groups is 1. The Kier molecular flexibility index (Phi) is 35.5. The van der Waals surface area contributed by atoms with Gasteiger partial charge in [-0.1, -0.05) is 151 Å². The fourth-order valence-electron chi connectivity index (χ4n) is 6.83. The quantitative estimate of drug-likeness (QED) is 0.0163. The second-order valence-corrected chi connectivity index (χ2v) is 19.7. The van der Waals surface area contributed by atoms with Crippen molar-refractivity contribution < 1.29 is 51.6 Å². The van der Waals surface area contributed by atoms with Crippen molar-refractivity contribution in [2.24, 2.45) is 0 Å². The highest BCUT2D eigenvalue weighted by Crippen LogP contribution is 2.43. The first-order valence-electron chi connectivity index (χ1n) is 25.1. The maximum atomic E-state index is 12.8. The average Bonchev–Trinajstić information content (AvgIpc) is 3.54. The van der Waals surface area contributed by atoms with Gasteiger partial charge in [0.05, 0.1) is 33.9 Å². The fraction of sp³-hybridized carbons (Fsp3) is 0.667. The van der Waals surface area contributed by atoms with Gasteiger partial charge in [-0.05, 0) is 82.8 Å². The van der Waals surface area contributed by atoms with Crippen molar-refractivity contribution in [1.82, 2.24) is 0 Å². The summed E-state index contributed by atoms with van der Waals surface area (Å²) in [4.78, 5) is 35.6. The molecule has 0 bridgehead atoms. The van der Waals surface area contributed by atoms with E-state index in [1.165, 1.54) is 74.0 Å². The van der Waals surface area contributed by atoms with Crippen molar-refractivity contribution in [2.75, 3.05) is 47.5 Å². The van der Waals surface area contributed by atoms with Crippen LogP contribution < -0.4 is 0 Å². The lowest BCUT2D eigenvalue weighted by Crippen LogP contribution is -2.37. The van der Waals surface area contributed by atoms with E-state index in [0.29, 0.717) is 17.4 Å². The number of ether oxygens (including phenoxy) is 2. The molecule has 0 radical (unpaired) electrons. The molecular weight excluding hydrogens is 854 g/mol. The Morgan fingerprint density at radius 2 is 1.17 bits per heavy atom. The number of phosphoric ester groups is 1. The molecule has 0 fully saturated rings. The summed E-state index contributed by atoms with van der Waals surface area (Å²) in [6.07, 6.45) is 43.9. The smallest absolute Gasteiger partial charge is 0.466 e. The van der Waals surface area contributed by atoms with Crippen molar-refractivity contribution in [1.29, 1.82) is 0 Å². The van der Waals surface area contributed by atoms with Crippen molar-refractivity contribution in [3.63, 3.8) is 0 Å². The number of furan rings is 1. The van der Waals surface area contributed by atoms with Gasteiger partial charge in [-0.2, -0.15) is 0 Å². The highest BCUT2D eigenvalue weighted by molar-refractivity contribution is 7.47. The van der Waals surface area contributed by atoms with E-state index >= 15 is 0 Å². The topological polar surface area (TPSA) is 142 Å². The number of rotatable bonds is 41. The minimum atomic E-state index is -4.45. The molecule has 2 unspecified atom stereocenters. The predicted octanol–water partition coefficient (Wildman–Crippen LogP) is 13.2. The number of nitrogens with zero attached hydrogens (tertiary/aromatic N) is 1. The Balaban J connectivity index is 2.39. The number of aryl methyl sites for hydroxylation is 2. The van der Waals surface area contributed by atoms with Gasteiger partial charge < -0.3 is 28.4 Å². The molecule has 0 aromatic carbocycles. The molecule has 1 aromatic rings. The Labute approximate surface area is 400 Å². The number of likely N-dealkylation sites (N-methyl/N-ethyl adjacent to an activating group) is 1. The van der Waals surface area contributed by atoms with Gasteiger partial charge in [0.25, 0.3) is 0 Å². The number of allylic oxidation sites excluding steroid dienone is 11. The molecule has 1 rings (SSSR count). The van der Waals surface area contributed by atoms with Gasteiger partial charge in [0.2, 0.25) is 0 Å². The number of aliphatic hydroxyl groups is 1. The van der Waals surface area contributed by atoms with Gasteiger partial charge in [0.15, 0.2) is 6.10 Å². The van der Waals surface area contributed by atoms with Crippen LogP contribution in [0.25, 0.3) is 0 Å². The summed E-state index contributed by atoms with van der Waals surface area (Å²) in [5, 5.41) is 10.4. The second kappa shape index (κ2) is 38.6. The van der Waals surface area contributed by atoms with Crippen molar-refractivity contribution in [3.05, 3.63) is 95.6 Å². The summed E-state index contributed by atoms with van der Waals surface area (Å²) in [6.45, 7) is 8.36. The molecule has 0 saturated heterocycles. The highest BCUT2D eigenvalue weighted by Gasteiger charge is 2.27. The Morgan fingerprint density at radius 1 is 0.652 bits per heavy atom. The van der Waals surface area contributed by atoms with Crippen LogP contribution >= 0.6 is 7.82 Å². The van der Waals surface area contributed by atoms with E-state index in [4.69, 9.17) is 22.9 Å². The van der Waals surface area contributed by atoms with Crippen LogP contribution in [0, 0.1) is 13.8 Å². The third-order valence-corrected chi connectivity index (χ3v) is 12.1. The standard InChI is InChI=1S/C54H90NO10P/c1-8-10-12-13-14-15-16-17-18-19-20-21-24-27-30-34-37-49(56)41-42-53(57)61-45-50(46-63-66(59,60)62-44-43-55(5,6)7)64-54(58)40-36-32-29-26-23-22-25-28-31-35-39-52-48(4)47(3)51(65-52)38-33-11-9-2/h10,12,14-15,17-18,20-21,27,30,34,37,49-50,56H,8-9,11,13,16,19,22-26,28-29,31-33,35-36,38-46H2,1-7H3/p+1/b12-10-,15-14-,18-17-,21-20-,30-27-,37-34-/t49?,50-/m1/s1. The minimum Gasteiger partial charge on any atom is -0.466 e.